The zero-order chi connectivity index (χ0) is 24.6. The molecule has 0 radical (unpaired) electrons. The van der Waals surface area contributed by atoms with Crippen LogP contribution in [0.3, 0.4) is 0 Å². The highest BCUT2D eigenvalue weighted by Crippen LogP contribution is 2.36. The van der Waals surface area contributed by atoms with Gasteiger partial charge < -0.3 is 19.4 Å². The Bertz CT molecular complexity index is 1530. The topological polar surface area (TPSA) is 89.9 Å². The molecule has 1 N–H and O–H groups in total. The summed E-state index contributed by atoms with van der Waals surface area (Å²) in [7, 11) is -3.53. The summed E-state index contributed by atoms with van der Waals surface area (Å²) < 4.78 is 39.0. The molecule has 0 aliphatic carbocycles. The zero-order valence-electron chi connectivity index (χ0n) is 19.7. The lowest BCUT2D eigenvalue weighted by molar-refractivity contribution is -0.116. The highest BCUT2D eigenvalue weighted by molar-refractivity contribution is 7.92. The van der Waals surface area contributed by atoms with E-state index in [1.54, 1.807) is 18.2 Å². The number of rotatable bonds is 8. The lowest BCUT2D eigenvalue weighted by Gasteiger charge is -2.22. The number of anilines is 2. The van der Waals surface area contributed by atoms with Gasteiger partial charge in [0.25, 0.3) is 0 Å². The number of hydrogen-bond donors (Lipinski definition) is 1. The molecule has 182 valence electrons. The van der Waals surface area contributed by atoms with E-state index < -0.39 is 10.0 Å². The van der Waals surface area contributed by atoms with Crippen LogP contribution in [-0.2, 0) is 21.4 Å². The highest BCUT2D eigenvalue weighted by atomic mass is 32.2. The zero-order valence-corrected chi connectivity index (χ0v) is 20.5. The quantitative estimate of drug-likeness (QED) is 0.383. The van der Waals surface area contributed by atoms with Gasteiger partial charge in [-0.1, -0.05) is 18.2 Å². The number of carbonyl (C=O) groups is 1. The first kappa shape index (κ1) is 23.0. The number of carbonyl (C=O) groups excluding carboxylic acids is 1. The van der Waals surface area contributed by atoms with Gasteiger partial charge >= 0.3 is 0 Å². The molecule has 9 heteroatoms. The Balaban J connectivity index is 1.27. The van der Waals surface area contributed by atoms with E-state index in [-0.39, 0.29) is 25.7 Å². The Hall–Kier alpha value is -3.72. The SMILES string of the molecule is CCn1c2ccccc2c2cc(NC(=O)CCCN(c3ccc4c(c3)OCO4)S(C)(=O)=O)ccc21. The third-order valence-electron chi connectivity index (χ3n) is 6.18. The van der Waals surface area contributed by atoms with Crippen molar-refractivity contribution in [3.8, 4) is 11.5 Å². The van der Waals surface area contributed by atoms with Crippen molar-refractivity contribution < 1.29 is 22.7 Å². The number of nitrogens with zero attached hydrogens (tertiary/aromatic N) is 2. The molecule has 0 bridgehead atoms. The maximum absolute atomic E-state index is 12.7. The van der Waals surface area contributed by atoms with Crippen molar-refractivity contribution in [3.05, 3.63) is 60.7 Å². The molecule has 0 unspecified atom stereocenters. The van der Waals surface area contributed by atoms with Crippen LogP contribution in [0.4, 0.5) is 11.4 Å². The average molecular weight is 494 g/mol. The van der Waals surface area contributed by atoms with Gasteiger partial charge in [0.1, 0.15) is 0 Å². The number of para-hydroxylation sites is 1. The Labute approximate surface area is 204 Å². The van der Waals surface area contributed by atoms with Crippen molar-refractivity contribution in [2.45, 2.75) is 26.3 Å². The van der Waals surface area contributed by atoms with Crippen molar-refractivity contribution in [3.63, 3.8) is 0 Å². The molecule has 0 fully saturated rings. The van der Waals surface area contributed by atoms with E-state index >= 15 is 0 Å². The molecule has 3 aromatic carbocycles. The second kappa shape index (κ2) is 9.14. The third-order valence-corrected chi connectivity index (χ3v) is 7.38. The summed E-state index contributed by atoms with van der Waals surface area (Å²) in [5.74, 6) is 0.928. The first-order valence-corrected chi connectivity index (χ1v) is 13.4. The van der Waals surface area contributed by atoms with Gasteiger partial charge in [0.2, 0.25) is 22.7 Å². The van der Waals surface area contributed by atoms with E-state index in [9.17, 15) is 13.2 Å². The predicted molar refractivity (Wildman–Crippen MR) is 138 cm³/mol. The fourth-order valence-corrected chi connectivity index (χ4v) is 5.56. The molecular weight excluding hydrogens is 466 g/mol. The standard InChI is InChI=1S/C26H27N3O5S/c1-3-28-22-8-5-4-7-20(22)21-15-18(10-12-23(21)28)27-26(30)9-6-14-29(35(2,31)32)19-11-13-24-25(16-19)34-17-33-24/h4-5,7-8,10-13,15-16H,3,6,9,14,17H2,1-2H3,(H,27,30). The van der Waals surface area contributed by atoms with E-state index in [4.69, 9.17) is 9.47 Å². The third kappa shape index (κ3) is 4.51. The minimum absolute atomic E-state index is 0.114. The summed E-state index contributed by atoms with van der Waals surface area (Å²) in [5.41, 5.74) is 3.49. The minimum atomic E-state index is -3.53. The number of amides is 1. The summed E-state index contributed by atoms with van der Waals surface area (Å²) in [5, 5.41) is 5.20. The molecule has 1 aliphatic rings. The van der Waals surface area contributed by atoms with Crippen LogP contribution in [0.5, 0.6) is 11.5 Å². The fraction of sp³-hybridized carbons (Fsp3) is 0.269. The van der Waals surface area contributed by atoms with E-state index in [1.165, 1.54) is 4.31 Å². The second-order valence-corrected chi connectivity index (χ2v) is 10.4. The van der Waals surface area contributed by atoms with E-state index in [1.807, 2.05) is 30.3 Å². The van der Waals surface area contributed by atoms with Crippen molar-refractivity contribution in [1.82, 2.24) is 4.57 Å². The predicted octanol–water partition coefficient (Wildman–Crippen LogP) is 4.73. The molecule has 5 rings (SSSR count). The molecule has 2 heterocycles. The van der Waals surface area contributed by atoms with Crippen LogP contribution in [0.2, 0.25) is 0 Å². The Kier molecular flexibility index (Phi) is 6.02. The van der Waals surface area contributed by atoms with Gasteiger partial charge in [-0.25, -0.2) is 8.42 Å². The van der Waals surface area contributed by atoms with Crippen LogP contribution in [0.1, 0.15) is 19.8 Å². The first-order chi connectivity index (χ1) is 16.8. The number of fused-ring (bicyclic) bond motifs is 4. The van der Waals surface area contributed by atoms with Crippen LogP contribution >= 0.6 is 0 Å². The largest absolute Gasteiger partial charge is 0.454 e. The number of hydrogen-bond acceptors (Lipinski definition) is 5. The Morgan fingerprint density at radius 2 is 1.77 bits per heavy atom. The molecule has 0 spiro atoms. The Morgan fingerprint density at radius 3 is 2.57 bits per heavy atom. The number of ether oxygens (including phenoxy) is 2. The highest BCUT2D eigenvalue weighted by Gasteiger charge is 2.21. The summed E-state index contributed by atoms with van der Waals surface area (Å²) >= 11 is 0. The molecular formula is C26H27N3O5S. The van der Waals surface area contributed by atoms with Gasteiger partial charge in [-0.3, -0.25) is 9.10 Å². The van der Waals surface area contributed by atoms with Gasteiger partial charge in [0, 0.05) is 53.1 Å². The summed E-state index contributed by atoms with van der Waals surface area (Å²) in [6.45, 7) is 3.26. The lowest BCUT2D eigenvalue weighted by atomic mass is 10.1. The monoisotopic (exact) mass is 493 g/mol. The van der Waals surface area contributed by atoms with Gasteiger partial charge in [-0.15, -0.1) is 0 Å². The maximum Gasteiger partial charge on any atom is 0.232 e. The molecule has 4 aromatic rings. The number of aryl methyl sites for hydroxylation is 1. The van der Waals surface area contributed by atoms with E-state index in [0.717, 1.165) is 40.3 Å². The molecule has 1 aromatic heterocycles. The second-order valence-electron chi connectivity index (χ2n) is 8.52. The number of benzene rings is 3. The normalized spacial score (nSPS) is 12.9. The minimum Gasteiger partial charge on any atom is -0.454 e. The van der Waals surface area contributed by atoms with Crippen molar-refractivity contribution in [1.29, 1.82) is 0 Å². The van der Waals surface area contributed by atoms with Crippen LogP contribution in [0, 0.1) is 0 Å². The lowest BCUT2D eigenvalue weighted by Crippen LogP contribution is -2.31. The number of nitrogens with one attached hydrogen (secondary N) is 1. The van der Waals surface area contributed by atoms with E-state index in [0.29, 0.717) is 23.6 Å². The maximum atomic E-state index is 12.7. The van der Waals surface area contributed by atoms with Crippen LogP contribution in [0.15, 0.2) is 60.7 Å². The van der Waals surface area contributed by atoms with Gasteiger partial charge in [-0.2, -0.15) is 0 Å². The van der Waals surface area contributed by atoms with Crippen molar-refractivity contribution in [2.75, 3.05) is 29.2 Å². The number of aromatic nitrogens is 1. The van der Waals surface area contributed by atoms with E-state index in [2.05, 4.69) is 28.9 Å². The van der Waals surface area contributed by atoms with Crippen LogP contribution in [0.25, 0.3) is 21.8 Å². The smallest absolute Gasteiger partial charge is 0.232 e. The van der Waals surface area contributed by atoms with Gasteiger partial charge in [0.15, 0.2) is 11.5 Å². The molecule has 1 aliphatic heterocycles. The summed E-state index contributed by atoms with van der Waals surface area (Å²) in [4.78, 5) is 12.7. The fourth-order valence-electron chi connectivity index (χ4n) is 4.61. The number of sulfonamides is 1. The van der Waals surface area contributed by atoms with Crippen molar-refractivity contribution in [2.24, 2.45) is 0 Å². The van der Waals surface area contributed by atoms with Gasteiger partial charge in [0.05, 0.1) is 11.9 Å². The Morgan fingerprint density at radius 1 is 1.00 bits per heavy atom. The van der Waals surface area contributed by atoms with Crippen LogP contribution in [-0.4, -0.2) is 38.5 Å². The van der Waals surface area contributed by atoms with Crippen molar-refractivity contribution >= 4 is 49.1 Å². The summed E-state index contributed by atoms with van der Waals surface area (Å²) in [6, 6.07) is 19.2. The molecule has 8 nitrogen and oxygen atoms in total. The molecule has 0 atom stereocenters. The summed E-state index contributed by atoms with van der Waals surface area (Å²) in [6.07, 6.45) is 1.70. The van der Waals surface area contributed by atoms with Crippen LogP contribution < -0.4 is 19.1 Å². The first-order valence-electron chi connectivity index (χ1n) is 11.5. The molecule has 1 amide bonds. The molecule has 0 saturated carbocycles. The average Bonchev–Trinajstić information content (AvgIpc) is 3.42. The molecule has 0 saturated heterocycles. The van der Waals surface area contributed by atoms with Gasteiger partial charge in [-0.05, 0) is 49.7 Å². The molecule has 35 heavy (non-hydrogen) atoms.